The molecule has 0 bridgehead atoms. The highest BCUT2D eigenvalue weighted by atomic mass is 32.2. The normalized spacial score (nSPS) is 40.6. The van der Waals surface area contributed by atoms with E-state index in [1.807, 2.05) is 0 Å². The van der Waals surface area contributed by atoms with Crippen LogP contribution in [0.5, 0.6) is 0 Å². The van der Waals surface area contributed by atoms with Crippen molar-refractivity contribution >= 4 is 11.8 Å². The molecule has 1 saturated carbocycles. The minimum absolute atomic E-state index is 0.390. The maximum atomic E-state index is 6.39. The third kappa shape index (κ3) is 3.68. The Kier molecular flexibility index (Phi) is 5.24. The van der Waals surface area contributed by atoms with E-state index in [1.54, 1.807) is 0 Å². The van der Waals surface area contributed by atoms with Gasteiger partial charge in [-0.05, 0) is 43.9 Å². The zero-order chi connectivity index (χ0) is 14.0. The fraction of sp³-hybridized carbons (Fsp3) is 1.00. The van der Waals surface area contributed by atoms with Crippen molar-refractivity contribution in [1.82, 2.24) is 0 Å². The highest BCUT2D eigenvalue weighted by Gasteiger charge is 2.38. The fourth-order valence-corrected chi connectivity index (χ4v) is 5.09. The Morgan fingerprint density at radius 2 is 1.95 bits per heavy atom. The van der Waals surface area contributed by atoms with Gasteiger partial charge >= 0.3 is 0 Å². The SMILES string of the molecule is CCC(C)(C)C1CCC(N)C(SC2CCOC2C)C1. The van der Waals surface area contributed by atoms with Gasteiger partial charge in [0.15, 0.2) is 0 Å². The molecular weight excluding hydrogens is 254 g/mol. The quantitative estimate of drug-likeness (QED) is 0.852. The van der Waals surface area contributed by atoms with Gasteiger partial charge in [-0.15, -0.1) is 0 Å². The number of thioether (sulfide) groups is 1. The summed E-state index contributed by atoms with van der Waals surface area (Å²) in [7, 11) is 0. The lowest BCUT2D eigenvalue weighted by Gasteiger charge is -2.42. The molecule has 0 aromatic rings. The molecule has 112 valence electrons. The number of rotatable bonds is 4. The van der Waals surface area contributed by atoms with E-state index in [9.17, 15) is 0 Å². The molecule has 2 N–H and O–H groups in total. The summed E-state index contributed by atoms with van der Waals surface area (Å²) in [6, 6.07) is 0.390. The molecule has 1 aliphatic heterocycles. The van der Waals surface area contributed by atoms with Gasteiger partial charge in [0.2, 0.25) is 0 Å². The van der Waals surface area contributed by atoms with Gasteiger partial charge in [0.1, 0.15) is 0 Å². The molecular formula is C16H31NOS. The summed E-state index contributed by atoms with van der Waals surface area (Å²) < 4.78 is 5.70. The summed E-state index contributed by atoms with van der Waals surface area (Å²) in [4.78, 5) is 0. The molecule has 0 spiro atoms. The topological polar surface area (TPSA) is 35.2 Å². The molecule has 2 rings (SSSR count). The first kappa shape index (κ1) is 15.7. The molecule has 1 saturated heterocycles. The van der Waals surface area contributed by atoms with Crippen LogP contribution in [0.15, 0.2) is 0 Å². The zero-order valence-electron chi connectivity index (χ0n) is 13.0. The van der Waals surface area contributed by atoms with Gasteiger partial charge < -0.3 is 10.5 Å². The molecule has 0 aromatic heterocycles. The predicted molar refractivity (Wildman–Crippen MR) is 84.6 cm³/mol. The Labute approximate surface area is 123 Å². The van der Waals surface area contributed by atoms with Crippen LogP contribution in [0.4, 0.5) is 0 Å². The van der Waals surface area contributed by atoms with E-state index in [-0.39, 0.29) is 0 Å². The largest absolute Gasteiger partial charge is 0.377 e. The molecule has 2 aliphatic rings. The van der Waals surface area contributed by atoms with Crippen LogP contribution < -0.4 is 5.73 Å². The molecule has 1 heterocycles. The molecule has 3 heteroatoms. The molecule has 0 amide bonds. The predicted octanol–water partition coefficient (Wildman–Crippen LogP) is 3.83. The van der Waals surface area contributed by atoms with Crippen LogP contribution in [0.1, 0.15) is 59.8 Å². The number of ether oxygens (including phenoxy) is 1. The average Bonchev–Trinajstić information content (AvgIpc) is 2.77. The highest BCUT2D eigenvalue weighted by Crippen LogP contribution is 2.45. The summed E-state index contributed by atoms with van der Waals surface area (Å²) in [5, 5.41) is 1.30. The van der Waals surface area contributed by atoms with Gasteiger partial charge in [-0.1, -0.05) is 27.2 Å². The van der Waals surface area contributed by atoms with Crippen LogP contribution >= 0.6 is 11.8 Å². The Morgan fingerprint density at radius 1 is 1.21 bits per heavy atom. The lowest BCUT2D eigenvalue weighted by Crippen LogP contribution is -2.43. The molecule has 5 unspecified atom stereocenters. The van der Waals surface area contributed by atoms with E-state index >= 15 is 0 Å². The van der Waals surface area contributed by atoms with Gasteiger partial charge in [-0.25, -0.2) is 0 Å². The lowest BCUT2D eigenvalue weighted by atomic mass is 9.69. The van der Waals surface area contributed by atoms with Crippen molar-refractivity contribution in [2.75, 3.05) is 6.61 Å². The smallest absolute Gasteiger partial charge is 0.0666 e. The minimum Gasteiger partial charge on any atom is -0.377 e. The highest BCUT2D eigenvalue weighted by molar-refractivity contribution is 8.00. The molecule has 0 radical (unpaired) electrons. The van der Waals surface area contributed by atoms with E-state index in [0.717, 1.165) is 12.5 Å². The first-order chi connectivity index (χ1) is 8.94. The van der Waals surface area contributed by atoms with E-state index in [4.69, 9.17) is 10.5 Å². The summed E-state index contributed by atoms with van der Waals surface area (Å²) >= 11 is 2.12. The molecule has 0 aromatic carbocycles. The summed E-state index contributed by atoms with van der Waals surface area (Å²) in [6.07, 6.45) is 6.71. The molecule has 5 atom stereocenters. The van der Waals surface area contributed by atoms with Crippen molar-refractivity contribution in [3.8, 4) is 0 Å². The minimum atomic E-state index is 0.390. The van der Waals surface area contributed by atoms with Crippen molar-refractivity contribution in [2.45, 2.75) is 82.4 Å². The summed E-state index contributed by atoms with van der Waals surface area (Å²) in [5.41, 5.74) is 6.86. The Balaban J connectivity index is 1.94. The van der Waals surface area contributed by atoms with Crippen LogP contribution in [0.25, 0.3) is 0 Å². The van der Waals surface area contributed by atoms with Crippen molar-refractivity contribution in [2.24, 2.45) is 17.1 Å². The monoisotopic (exact) mass is 285 g/mol. The van der Waals surface area contributed by atoms with Gasteiger partial charge in [0, 0.05) is 23.1 Å². The van der Waals surface area contributed by atoms with Crippen LogP contribution in [0.2, 0.25) is 0 Å². The van der Waals surface area contributed by atoms with Crippen LogP contribution in [-0.2, 0) is 4.74 Å². The van der Waals surface area contributed by atoms with E-state index in [1.165, 1.54) is 32.1 Å². The first-order valence-corrected chi connectivity index (χ1v) is 8.91. The molecule has 2 fully saturated rings. The second-order valence-electron chi connectivity index (χ2n) is 7.09. The average molecular weight is 285 g/mol. The van der Waals surface area contributed by atoms with Crippen molar-refractivity contribution in [3.63, 3.8) is 0 Å². The Morgan fingerprint density at radius 3 is 2.53 bits per heavy atom. The standard InChI is InChI=1S/C16H31NOS/c1-5-16(3,4)12-6-7-13(17)15(10-12)19-14-8-9-18-11(14)2/h11-15H,5-10,17H2,1-4H3. The lowest BCUT2D eigenvalue weighted by molar-refractivity contribution is 0.126. The second-order valence-corrected chi connectivity index (χ2v) is 8.58. The maximum absolute atomic E-state index is 6.39. The van der Waals surface area contributed by atoms with Gasteiger partial charge in [0.25, 0.3) is 0 Å². The van der Waals surface area contributed by atoms with E-state index in [2.05, 4.69) is 39.5 Å². The number of hydrogen-bond acceptors (Lipinski definition) is 3. The van der Waals surface area contributed by atoms with Gasteiger partial charge in [-0.2, -0.15) is 11.8 Å². The van der Waals surface area contributed by atoms with E-state index in [0.29, 0.717) is 28.1 Å². The van der Waals surface area contributed by atoms with Crippen LogP contribution in [0, 0.1) is 11.3 Å². The molecule has 1 aliphatic carbocycles. The third-order valence-corrected chi connectivity index (χ3v) is 7.38. The van der Waals surface area contributed by atoms with Crippen molar-refractivity contribution in [3.05, 3.63) is 0 Å². The third-order valence-electron chi connectivity index (χ3n) is 5.52. The molecule has 2 nitrogen and oxygen atoms in total. The maximum Gasteiger partial charge on any atom is 0.0666 e. The van der Waals surface area contributed by atoms with Gasteiger partial charge in [-0.3, -0.25) is 0 Å². The number of nitrogens with two attached hydrogens (primary N) is 1. The Hall–Kier alpha value is 0.270. The van der Waals surface area contributed by atoms with E-state index < -0.39 is 0 Å². The van der Waals surface area contributed by atoms with Crippen LogP contribution in [0.3, 0.4) is 0 Å². The summed E-state index contributed by atoms with van der Waals surface area (Å²) in [6.45, 7) is 10.3. The van der Waals surface area contributed by atoms with Gasteiger partial charge in [0.05, 0.1) is 6.10 Å². The fourth-order valence-electron chi connectivity index (χ4n) is 3.42. The second kappa shape index (κ2) is 6.36. The summed E-state index contributed by atoms with van der Waals surface area (Å²) in [5.74, 6) is 0.840. The van der Waals surface area contributed by atoms with Crippen molar-refractivity contribution in [1.29, 1.82) is 0 Å². The van der Waals surface area contributed by atoms with Crippen LogP contribution in [-0.4, -0.2) is 29.3 Å². The number of hydrogen-bond donors (Lipinski definition) is 1. The van der Waals surface area contributed by atoms with Crippen molar-refractivity contribution < 1.29 is 4.74 Å². The Bertz CT molecular complexity index is 294. The first-order valence-electron chi connectivity index (χ1n) is 7.96. The molecule has 19 heavy (non-hydrogen) atoms. The zero-order valence-corrected chi connectivity index (χ0v) is 13.8.